The Morgan fingerprint density at radius 3 is 3.05 bits per heavy atom. The third-order valence-corrected chi connectivity index (χ3v) is 3.11. The predicted octanol–water partition coefficient (Wildman–Crippen LogP) is 1.41. The average molecular weight is 276 g/mol. The van der Waals surface area contributed by atoms with Crippen LogP contribution < -0.4 is 16.8 Å². The minimum Gasteiger partial charge on any atom is -0.408 e. The maximum atomic E-state index is 11.9. The van der Waals surface area contributed by atoms with E-state index in [1.807, 2.05) is 0 Å². The summed E-state index contributed by atoms with van der Waals surface area (Å²) in [5.74, 6) is -0.899. The summed E-state index contributed by atoms with van der Waals surface area (Å²) >= 11 is 1.19. The smallest absolute Gasteiger partial charge is 0.408 e. The molecule has 4 N–H and O–H groups in total. The lowest BCUT2D eigenvalue weighted by Crippen LogP contribution is -2.12. The number of H-pyrrole nitrogens is 1. The van der Waals surface area contributed by atoms with Crippen LogP contribution in [0.15, 0.2) is 32.8 Å². The monoisotopic (exact) mass is 276 g/mol. The molecule has 3 aromatic rings. The summed E-state index contributed by atoms with van der Waals surface area (Å²) < 4.78 is 4.86. The van der Waals surface area contributed by atoms with E-state index in [1.165, 1.54) is 11.3 Å². The topological polar surface area (TPSA) is 114 Å². The van der Waals surface area contributed by atoms with Crippen molar-refractivity contribution in [1.82, 2.24) is 9.97 Å². The first-order chi connectivity index (χ1) is 9.11. The molecule has 0 spiro atoms. The molecular weight excluding hydrogens is 268 g/mol. The number of hydrogen-bond donors (Lipinski definition) is 3. The van der Waals surface area contributed by atoms with Crippen molar-refractivity contribution in [2.24, 2.45) is 0 Å². The van der Waals surface area contributed by atoms with Crippen LogP contribution in [-0.2, 0) is 0 Å². The molecule has 96 valence electrons. The van der Waals surface area contributed by atoms with Gasteiger partial charge in [-0.3, -0.25) is 9.78 Å². The van der Waals surface area contributed by atoms with Crippen molar-refractivity contribution < 1.29 is 9.21 Å². The number of aromatic amines is 1. The Bertz CT molecular complexity index is 817. The van der Waals surface area contributed by atoms with Crippen LogP contribution in [0.5, 0.6) is 0 Å². The standard InChI is InChI=1S/C11H8N4O3S/c12-10-14-7(4-19-10)9(16)13-5-1-2-8-6(3-5)15-11(17)18-8/h1-4H,(H2,12,14)(H,13,16)(H,15,17). The molecule has 0 fully saturated rings. The Kier molecular flexibility index (Phi) is 2.57. The third kappa shape index (κ3) is 2.20. The SMILES string of the molecule is Nc1nc(C(=O)Nc2ccc3oc(=O)[nH]c3c2)cs1. The van der Waals surface area contributed by atoms with E-state index >= 15 is 0 Å². The maximum absolute atomic E-state index is 11.9. The van der Waals surface area contributed by atoms with Gasteiger partial charge < -0.3 is 15.5 Å². The summed E-state index contributed by atoms with van der Waals surface area (Å²) in [5.41, 5.74) is 7.19. The highest BCUT2D eigenvalue weighted by Gasteiger charge is 2.10. The number of oxazole rings is 1. The molecule has 1 aromatic carbocycles. The van der Waals surface area contributed by atoms with Gasteiger partial charge in [0.25, 0.3) is 5.91 Å². The van der Waals surface area contributed by atoms with Crippen molar-refractivity contribution in [3.05, 3.63) is 39.8 Å². The molecule has 0 radical (unpaired) electrons. The highest BCUT2D eigenvalue weighted by molar-refractivity contribution is 7.13. The van der Waals surface area contributed by atoms with Crippen LogP contribution in [0.1, 0.15) is 10.5 Å². The predicted molar refractivity (Wildman–Crippen MR) is 71.3 cm³/mol. The lowest BCUT2D eigenvalue weighted by atomic mass is 10.3. The molecule has 19 heavy (non-hydrogen) atoms. The Labute approximate surface area is 110 Å². The minimum absolute atomic E-state index is 0.253. The average Bonchev–Trinajstić information content (AvgIpc) is 2.93. The zero-order valence-corrected chi connectivity index (χ0v) is 10.3. The maximum Gasteiger partial charge on any atom is 0.417 e. The lowest BCUT2D eigenvalue weighted by molar-refractivity contribution is 0.102. The number of hydrogen-bond acceptors (Lipinski definition) is 6. The summed E-state index contributed by atoms with van der Waals surface area (Å²) in [6.07, 6.45) is 0. The first-order valence-corrected chi connectivity index (χ1v) is 6.15. The van der Waals surface area contributed by atoms with Gasteiger partial charge in [0.1, 0.15) is 5.69 Å². The number of rotatable bonds is 2. The molecule has 0 aliphatic carbocycles. The summed E-state index contributed by atoms with van der Waals surface area (Å²) in [5, 5.41) is 4.56. The zero-order valence-electron chi connectivity index (χ0n) is 9.47. The number of carbonyl (C=O) groups is 1. The van der Waals surface area contributed by atoms with E-state index in [0.717, 1.165) is 0 Å². The van der Waals surface area contributed by atoms with Crippen LogP contribution in [0, 0.1) is 0 Å². The van der Waals surface area contributed by atoms with E-state index in [4.69, 9.17) is 10.2 Å². The number of nitrogens with one attached hydrogen (secondary N) is 2. The van der Waals surface area contributed by atoms with Gasteiger partial charge in [-0.05, 0) is 18.2 Å². The lowest BCUT2D eigenvalue weighted by Gasteiger charge is -2.02. The van der Waals surface area contributed by atoms with Crippen molar-refractivity contribution >= 4 is 39.2 Å². The molecule has 0 aliphatic heterocycles. The highest BCUT2D eigenvalue weighted by Crippen LogP contribution is 2.18. The number of thiazole rings is 1. The fourth-order valence-electron chi connectivity index (χ4n) is 1.62. The third-order valence-electron chi connectivity index (χ3n) is 2.43. The van der Waals surface area contributed by atoms with Gasteiger partial charge in [0.15, 0.2) is 10.7 Å². The van der Waals surface area contributed by atoms with Crippen LogP contribution in [-0.4, -0.2) is 15.9 Å². The van der Waals surface area contributed by atoms with E-state index in [9.17, 15) is 9.59 Å². The summed E-state index contributed by atoms with van der Waals surface area (Å²) in [6, 6.07) is 4.83. The number of carbonyl (C=O) groups excluding carboxylic acids is 1. The molecule has 3 rings (SSSR count). The van der Waals surface area contributed by atoms with Gasteiger partial charge in [-0.2, -0.15) is 0 Å². The second kappa shape index (κ2) is 4.25. The molecule has 0 aliphatic rings. The molecule has 2 heterocycles. The Hall–Kier alpha value is -2.61. The normalized spacial score (nSPS) is 10.7. The Morgan fingerprint density at radius 1 is 1.47 bits per heavy atom. The van der Waals surface area contributed by atoms with Crippen molar-refractivity contribution in [2.75, 3.05) is 11.1 Å². The highest BCUT2D eigenvalue weighted by atomic mass is 32.1. The molecule has 0 saturated carbocycles. The minimum atomic E-state index is -0.536. The number of amides is 1. The number of aromatic nitrogens is 2. The van der Waals surface area contributed by atoms with Crippen molar-refractivity contribution in [2.45, 2.75) is 0 Å². The van der Waals surface area contributed by atoms with Crippen molar-refractivity contribution in [1.29, 1.82) is 0 Å². The van der Waals surface area contributed by atoms with Gasteiger partial charge in [-0.15, -0.1) is 11.3 Å². The molecule has 7 nitrogen and oxygen atoms in total. The summed E-state index contributed by atoms with van der Waals surface area (Å²) in [6.45, 7) is 0. The number of fused-ring (bicyclic) bond motifs is 1. The van der Waals surface area contributed by atoms with Crippen LogP contribution >= 0.6 is 11.3 Å². The zero-order chi connectivity index (χ0) is 13.4. The van der Waals surface area contributed by atoms with E-state index in [1.54, 1.807) is 23.6 Å². The second-order valence-corrected chi connectivity index (χ2v) is 4.64. The van der Waals surface area contributed by atoms with Crippen molar-refractivity contribution in [3.8, 4) is 0 Å². The first-order valence-electron chi connectivity index (χ1n) is 5.27. The quantitative estimate of drug-likeness (QED) is 0.654. The molecule has 8 heteroatoms. The largest absolute Gasteiger partial charge is 0.417 e. The molecule has 0 bridgehead atoms. The van der Waals surface area contributed by atoms with Gasteiger partial charge in [-0.1, -0.05) is 0 Å². The molecule has 0 saturated heterocycles. The van der Waals surface area contributed by atoms with Gasteiger partial charge in [0.05, 0.1) is 5.52 Å². The van der Waals surface area contributed by atoms with Crippen molar-refractivity contribution in [3.63, 3.8) is 0 Å². The van der Waals surface area contributed by atoms with Gasteiger partial charge in [0, 0.05) is 11.1 Å². The number of nitrogens with zero attached hydrogens (tertiary/aromatic N) is 1. The molecule has 0 atom stereocenters. The van der Waals surface area contributed by atoms with E-state index in [2.05, 4.69) is 15.3 Å². The van der Waals surface area contributed by atoms with Crippen LogP contribution in [0.25, 0.3) is 11.1 Å². The van der Waals surface area contributed by atoms with Gasteiger partial charge in [0.2, 0.25) is 0 Å². The molecular formula is C11H8N4O3S. The Morgan fingerprint density at radius 2 is 2.32 bits per heavy atom. The van der Waals surface area contributed by atoms with Gasteiger partial charge >= 0.3 is 5.76 Å². The Balaban J connectivity index is 1.88. The van der Waals surface area contributed by atoms with Gasteiger partial charge in [-0.25, -0.2) is 9.78 Å². The number of anilines is 2. The fourth-order valence-corrected chi connectivity index (χ4v) is 2.16. The van der Waals surface area contributed by atoms with E-state index in [-0.39, 0.29) is 11.6 Å². The molecule has 2 aromatic heterocycles. The number of benzene rings is 1. The second-order valence-electron chi connectivity index (χ2n) is 3.75. The van der Waals surface area contributed by atoms with E-state index < -0.39 is 5.76 Å². The van der Waals surface area contributed by atoms with Crippen LogP contribution in [0.2, 0.25) is 0 Å². The molecule has 1 amide bonds. The van der Waals surface area contributed by atoms with E-state index in [0.29, 0.717) is 21.9 Å². The van der Waals surface area contributed by atoms with Crippen LogP contribution in [0.4, 0.5) is 10.8 Å². The number of nitrogens with two attached hydrogens (primary N) is 1. The number of nitrogen functional groups attached to an aromatic ring is 1. The first kappa shape index (κ1) is 11.5. The fraction of sp³-hybridized carbons (Fsp3) is 0. The van der Waals surface area contributed by atoms with Crippen LogP contribution in [0.3, 0.4) is 0 Å². The summed E-state index contributed by atoms with van der Waals surface area (Å²) in [7, 11) is 0. The molecule has 0 unspecified atom stereocenters. The summed E-state index contributed by atoms with van der Waals surface area (Å²) in [4.78, 5) is 29.3.